The van der Waals surface area contributed by atoms with E-state index >= 15 is 0 Å². The van der Waals surface area contributed by atoms with Gasteiger partial charge in [-0.1, -0.05) is 0 Å². The fraction of sp³-hybridized carbons (Fsp3) is 0.478. The van der Waals surface area contributed by atoms with E-state index < -0.39 is 6.10 Å². The van der Waals surface area contributed by atoms with Crippen molar-refractivity contribution in [3.05, 3.63) is 34.9 Å². The number of likely N-dealkylation sites (N-methyl/N-ethyl adjacent to an activating group) is 1. The van der Waals surface area contributed by atoms with Crippen molar-refractivity contribution in [2.24, 2.45) is 0 Å². The first-order valence-corrected chi connectivity index (χ1v) is 10.2. The van der Waals surface area contributed by atoms with Crippen LogP contribution in [-0.2, 0) is 6.42 Å². The lowest BCUT2D eigenvalue weighted by Gasteiger charge is -2.37. The molecule has 2 aromatic rings. The molecule has 0 spiro atoms. The van der Waals surface area contributed by atoms with Gasteiger partial charge in [-0.2, -0.15) is 0 Å². The van der Waals surface area contributed by atoms with Gasteiger partial charge in [-0.05, 0) is 49.2 Å². The van der Waals surface area contributed by atoms with Crippen molar-refractivity contribution in [1.29, 1.82) is 0 Å². The smallest absolute Gasteiger partial charge is 0.231 e. The van der Waals surface area contributed by atoms with Crippen molar-refractivity contribution in [1.82, 2.24) is 4.90 Å². The quantitative estimate of drug-likeness (QED) is 0.717. The summed E-state index contributed by atoms with van der Waals surface area (Å²) in [5.41, 5.74) is 2.88. The molecule has 168 valence electrons. The summed E-state index contributed by atoms with van der Waals surface area (Å²) in [6.07, 6.45) is 0.565. The number of rotatable bonds is 7. The lowest BCUT2D eigenvalue weighted by atomic mass is 9.87. The highest BCUT2D eigenvalue weighted by Gasteiger charge is 2.35. The Bertz CT molecular complexity index is 936. The predicted octanol–water partition coefficient (Wildman–Crippen LogP) is 3.10. The summed E-state index contributed by atoms with van der Waals surface area (Å²) >= 11 is 0. The molecule has 0 amide bonds. The van der Waals surface area contributed by atoms with Gasteiger partial charge in [-0.25, -0.2) is 0 Å². The fourth-order valence-electron chi connectivity index (χ4n) is 4.46. The van der Waals surface area contributed by atoms with Gasteiger partial charge >= 0.3 is 0 Å². The minimum atomic E-state index is -0.762. The Balaban J connectivity index is 1.71. The van der Waals surface area contributed by atoms with Crippen molar-refractivity contribution in [3.63, 3.8) is 0 Å². The van der Waals surface area contributed by atoms with Crippen LogP contribution in [0, 0.1) is 0 Å². The zero-order chi connectivity index (χ0) is 22.1. The second-order valence-electron chi connectivity index (χ2n) is 7.67. The number of benzene rings is 2. The van der Waals surface area contributed by atoms with Crippen LogP contribution in [0.3, 0.4) is 0 Å². The molecule has 4 rings (SSSR count). The van der Waals surface area contributed by atoms with Gasteiger partial charge in [-0.3, -0.25) is 4.90 Å². The van der Waals surface area contributed by atoms with Crippen LogP contribution >= 0.6 is 0 Å². The van der Waals surface area contributed by atoms with Gasteiger partial charge in [0.15, 0.2) is 23.0 Å². The van der Waals surface area contributed by atoms with Gasteiger partial charge in [0.1, 0.15) is 0 Å². The lowest BCUT2D eigenvalue weighted by Crippen LogP contribution is -2.33. The molecule has 0 unspecified atom stereocenters. The van der Waals surface area contributed by atoms with Crippen LogP contribution in [-0.4, -0.2) is 58.8 Å². The molecule has 0 bridgehead atoms. The molecule has 2 atom stereocenters. The van der Waals surface area contributed by atoms with E-state index in [1.165, 1.54) is 0 Å². The summed E-state index contributed by atoms with van der Waals surface area (Å²) < 4.78 is 33.3. The zero-order valence-electron chi connectivity index (χ0n) is 18.6. The molecule has 0 saturated carbocycles. The van der Waals surface area contributed by atoms with Gasteiger partial charge in [0.2, 0.25) is 18.3 Å². The van der Waals surface area contributed by atoms with Gasteiger partial charge in [0, 0.05) is 18.2 Å². The van der Waals surface area contributed by atoms with Gasteiger partial charge in [0.25, 0.3) is 0 Å². The highest BCUT2D eigenvalue weighted by molar-refractivity contribution is 5.62. The van der Waals surface area contributed by atoms with E-state index in [-0.39, 0.29) is 12.8 Å². The molecule has 2 heterocycles. The van der Waals surface area contributed by atoms with Crippen molar-refractivity contribution in [3.8, 4) is 34.5 Å². The van der Waals surface area contributed by atoms with Gasteiger partial charge in [-0.15, -0.1) is 0 Å². The van der Waals surface area contributed by atoms with E-state index in [1.807, 2.05) is 6.07 Å². The maximum atomic E-state index is 11.2. The Morgan fingerprint density at radius 1 is 1.00 bits per heavy atom. The SMILES string of the molecule is COc1cc([C@H](O)C[C@H]2c3c(cc4c(c3OC)OCO4)CCN2C)cc(OC)c1OC. The van der Waals surface area contributed by atoms with Crippen LogP contribution in [0.5, 0.6) is 34.5 Å². The molecule has 8 heteroatoms. The molecule has 1 N–H and O–H groups in total. The standard InChI is InChI=1S/C23H29NO7/c1-24-7-6-13-8-19-22(31-12-30-19)23(29-5)20(13)15(24)11-16(25)14-9-17(26-2)21(28-4)18(10-14)27-3/h8-10,15-16,25H,6-7,11-12H2,1-5H3/t15-,16+/m0/s1. The molecular weight excluding hydrogens is 402 g/mol. The molecule has 31 heavy (non-hydrogen) atoms. The number of ether oxygens (including phenoxy) is 6. The molecule has 0 aromatic heterocycles. The summed E-state index contributed by atoms with van der Waals surface area (Å²) in [4.78, 5) is 2.23. The maximum Gasteiger partial charge on any atom is 0.231 e. The number of aliphatic hydroxyl groups excluding tert-OH is 1. The van der Waals surface area contributed by atoms with Crippen LogP contribution in [0.1, 0.15) is 35.3 Å². The molecule has 2 aliphatic heterocycles. The molecular formula is C23H29NO7. The normalized spacial score (nSPS) is 18.3. The number of nitrogens with zero attached hydrogens (tertiary/aromatic N) is 1. The van der Waals surface area contributed by atoms with E-state index in [1.54, 1.807) is 40.6 Å². The van der Waals surface area contributed by atoms with Crippen LogP contribution in [0.15, 0.2) is 18.2 Å². The zero-order valence-corrected chi connectivity index (χ0v) is 18.6. The molecule has 0 saturated heterocycles. The third kappa shape index (κ3) is 3.70. The number of methoxy groups -OCH3 is 4. The summed E-state index contributed by atoms with van der Waals surface area (Å²) in [5, 5.41) is 11.2. The second-order valence-corrected chi connectivity index (χ2v) is 7.67. The van der Waals surface area contributed by atoms with E-state index in [0.717, 1.165) is 24.1 Å². The largest absolute Gasteiger partial charge is 0.493 e. The molecule has 0 radical (unpaired) electrons. The lowest BCUT2D eigenvalue weighted by molar-refractivity contribution is 0.107. The van der Waals surface area contributed by atoms with Crippen LogP contribution < -0.4 is 28.4 Å². The fourth-order valence-corrected chi connectivity index (χ4v) is 4.46. The van der Waals surface area contributed by atoms with Gasteiger partial charge in [0.05, 0.1) is 34.5 Å². The van der Waals surface area contributed by atoms with E-state index in [2.05, 4.69) is 11.9 Å². The van der Waals surface area contributed by atoms with Crippen molar-refractivity contribution >= 4 is 0 Å². The third-order valence-electron chi connectivity index (χ3n) is 6.07. The summed E-state index contributed by atoms with van der Waals surface area (Å²) in [6.45, 7) is 1.05. The van der Waals surface area contributed by atoms with E-state index in [0.29, 0.717) is 46.5 Å². The molecule has 0 aliphatic carbocycles. The minimum absolute atomic E-state index is 0.0673. The van der Waals surface area contributed by atoms with E-state index in [9.17, 15) is 5.11 Å². The number of hydrogen-bond acceptors (Lipinski definition) is 8. The van der Waals surface area contributed by atoms with Crippen molar-refractivity contribution in [2.75, 3.05) is 48.8 Å². The Morgan fingerprint density at radius 2 is 1.68 bits per heavy atom. The van der Waals surface area contributed by atoms with Crippen LogP contribution in [0.4, 0.5) is 0 Å². The first-order chi connectivity index (χ1) is 15.0. The van der Waals surface area contributed by atoms with Crippen LogP contribution in [0.2, 0.25) is 0 Å². The highest BCUT2D eigenvalue weighted by atomic mass is 16.7. The number of hydrogen-bond donors (Lipinski definition) is 1. The Hall–Kier alpha value is -2.84. The Morgan fingerprint density at radius 3 is 2.29 bits per heavy atom. The maximum absolute atomic E-state index is 11.2. The van der Waals surface area contributed by atoms with Crippen molar-refractivity contribution < 1.29 is 33.5 Å². The average Bonchev–Trinajstić information content (AvgIpc) is 3.26. The number of fused-ring (bicyclic) bond motifs is 2. The Labute approximate surface area is 182 Å². The highest BCUT2D eigenvalue weighted by Crippen LogP contribution is 2.51. The van der Waals surface area contributed by atoms with E-state index in [4.69, 9.17) is 28.4 Å². The number of aliphatic hydroxyl groups is 1. The van der Waals surface area contributed by atoms with Crippen molar-refractivity contribution in [2.45, 2.75) is 25.0 Å². The Kier molecular flexibility index (Phi) is 6.02. The molecule has 0 fully saturated rings. The first-order valence-electron chi connectivity index (χ1n) is 10.2. The predicted molar refractivity (Wildman–Crippen MR) is 114 cm³/mol. The van der Waals surface area contributed by atoms with Gasteiger partial charge < -0.3 is 33.5 Å². The summed E-state index contributed by atoms with van der Waals surface area (Å²) in [6, 6.07) is 5.54. The minimum Gasteiger partial charge on any atom is -0.493 e. The summed E-state index contributed by atoms with van der Waals surface area (Å²) in [7, 11) is 8.37. The third-order valence-corrected chi connectivity index (χ3v) is 6.07. The average molecular weight is 431 g/mol. The topological polar surface area (TPSA) is 78.9 Å². The molecule has 8 nitrogen and oxygen atoms in total. The van der Waals surface area contributed by atoms with Crippen LogP contribution in [0.25, 0.3) is 0 Å². The monoisotopic (exact) mass is 431 g/mol. The summed E-state index contributed by atoms with van der Waals surface area (Å²) in [5.74, 6) is 3.53. The second kappa shape index (κ2) is 8.72. The molecule has 2 aliphatic rings. The molecule has 2 aromatic carbocycles. The first kappa shape index (κ1) is 21.4.